The number of nitrogens with two attached hydrogens (primary N) is 1. The van der Waals surface area contributed by atoms with E-state index in [9.17, 15) is 9.18 Å². The molecular weight excluding hydrogens is 353 g/mol. The molecule has 0 saturated carbocycles. The van der Waals surface area contributed by atoms with Crippen LogP contribution in [0.4, 0.5) is 4.39 Å². The summed E-state index contributed by atoms with van der Waals surface area (Å²) in [6, 6.07) is 6.31. The molecule has 1 aromatic carbocycles. The van der Waals surface area contributed by atoms with Gasteiger partial charge in [-0.3, -0.25) is 4.79 Å². The first-order valence-electron chi connectivity index (χ1n) is 8.71. The summed E-state index contributed by atoms with van der Waals surface area (Å²) in [7, 11) is 0. The smallest absolute Gasteiger partial charge is 0.230 e. The van der Waals surface area contributed by atoms with Crippen molar-refractivity contribution in [2.45, 2.75) is 51.2 Å². The topological polar surface area (TPSA) is 85.8 Å². The fourth-order valence-electron chi connectivity index (χ4n) is 2.41. The van der Waals surface area contributed by atoms with Crippen LogP contribution in [-0.2, 0) is 11.2 Å². The van der Waals surface area contributed by atoms with Gasteiger partial charge in [0, 0.05) is 12.5 Å². The van der Waals surface area contributed by atoms with E-state index < -0.39 is 0 Å². The second-order valence-corrected chi connectivity index (χ2v) is 7.74. The molecule has 0 bridgehead atoms. The minimum absolute atomic E-state index is 0.0469. The van der Waals surface area contributed by atoms with Crippen molar-refractivity contribution in [3.8, 4) is 0 Å². The van der Waals surface area contributed by atoms with Crippen molar-refractivity contribution in [2.24, 2.45) is 5.92 Å². The maximum Gasteiger partial charge on any atom is 0.230 e. The number of rotatable bonds is 9. The van der Waals surface area contributed by atoms with Crippen molar-refractivity contribution in [1.82, 2.24) is 20.2 Å². The summed E-state index contributed by atoms with van der Waals surface area (Å²) in [5.41, 5.74) is 0.888. The number of amides is 1. The average Bonchev–Trinajstić information content (AvgIpc) is 2.93. The molecule has 0 spiro atoms. The number of hydrogen-bond donors (Lipinski definition) is 2. The van der Waals surface area contributed by atoms with Crippen LogP contribution in [0.15, 0.2) is 29.4 Å². The van der Waals surface area contributed by atoms with Crippen LogP contribution >= 0.6 is 11.8 Å². The number of nitrogen functional groups attached to an aromatic ring is 1. The third-order valence-corrected chi connectivity index (χ3v) is 4.87. The van der Waals surface area contributed by atoms with Gasteiger partial charge in [0.2, 0.25) is 11.1 Å². The number of halogens is 1. The van der Waals surface area contributed by atoms with Crippen LogP contribution in [0, 0.1) is 11.7 Å². The molecule has 1 amide bonds. The van der Waals surface area contributed by atoms with Crippen LogP contribution < -0.4 is 11.2 Å². The minimum atomic E-state index is -0.284. The molecule has 3 N–H and O–H groups in total. The number of thioether (sulfide) groups is 1. The molecule has 1 atom stereocenters. The number of hydrogen-bond acceptors (Lipinski definition) is 5. The second kappa shape index (κ2) is 9.56. The molecule has 0 saturated heterocycles. The van der Waals surface area contributed by atoms with Crippen molar-refractivity contribution in [1.29, 1.82) is 0 Å². The zero-order chi connectivity index (χ0) is 19.1. The van der Waals surface area contributed by atoms with E-state index in [4.69, 9.17) is 5.84 Å². The number of benzene rings is 1. The molecule has 1 aromatic heterocycles. The third-order valence-electron chi connectivity index (χ3n) is 3.93. The Labute approximate surface area is 157 Å². The molecule has 142 valence electrons. The number of aromatic nitrogens is 3. The maximum absolute atomic E-state index is 13.0. The number of carbonyl (C=O) groups excluding carboxylic acids is 1. The summed E-state index contributed by atoms with van der Waals surface area (Å²) in [6.07, 6.45) is 2.49. The molecule has 0 unspecified atom stereocenters. The number of nitrogens with one attached hydrogen (secondary N) is 1. The first-order chi connectivity index (χ1) is 12.3. The highest BCUT2D eigenvalue weighted by Gasteiger charge is 2.14. The largest absolute Gasteiger partial charge is 0.353 e. The Morgan fingerprint density at radius 1 is 1.23 bits per heavy atom. The van der Waals surface area contributed by atoms with Gasteiger partial charge in [-0.05, 0) is 43.4 Å². The van der Waals surface area contributed by atoms with Gasteiger partial charge in [0.1, 0.15) is 5.82 Å². The summed E-state index contributed by atoms with van der Waals surface area (Å²) in [4.78, 5) is 12.0. The Morgan fingerprint density at radius 2 is 1.92 bits per heavy atom. The zero-order valence-electron chi connectivity index (χ0n) is 15.4. The third kappa shape index (κ3) is 6.33. The van der Waals surface area contributed by atoms with E-state index in [1.807, 2.05) is 6.92 Å². The SMILES string of the molecule is CC(C)CC[C@H](C)NC(=O)CSc1nnc(Cc2ccc(F)cc2)n1N. The summed E-state index contributed by atoms with van der Waals surface area (Å²) < 4.78 is 14.3. The zero-order valence-corrected chi connectivity index (χ0v) is 16.2. The number of carbonyl (C=O) groups is 1. The molecular formula is C18H26FN5OS. The van der Waals surface area contributed by atoms with Gasteiger partial charge < -0.3 is 11.2 Å². The Morgan fingerprint density at radius 3 is 2.58 bits per heavy atom. The van der Waals surface area contributed by atoms with E-state index in [1.54, 1.807) is 12.1 Å². The molecule has 0 radical (unpaired) electrons. The Balaban J connectivity index is 1.84. The molecule has 0 aliphatic heterocycles. The van der Waals surface area contributed by atoms with Gasteiger partial charge in [-0.2, -0.15) is 0 Å². The van der Waals surface area contributed by atoms with Crippen molar-refractivity contribution in [2.75, 3.05) is 11.6 Å². The van der Waals surface area contributed by atoms with Gasteiger partial charge in [-0.25, -0.2) is 9.07 Å². The van der Waals surface area contributed by atoms with E-state index in [1.165, 1.54) is 28.6 Å². The summed E-state index contributed by atoms with van der Waals surface area (Å²) in [5, 5.41) is 11.6. The van der Waals surface area contributed by atoms with Crippen LogP contribution in [0.1, 0.15) is 45.0 Å². The first-order valence-corrected chi connectivity index (χ1v) is 9.69. The predicted octanol–water partition coefficient (Wildman–Crippen LogP) is 2.75. The van der Waals surface area contributed by atoms with Crippen LogP contribution in [0.3, 0.4) is 0 Å². The van der Waals surface area contributed by atoms with Gasteiger partial charge in [-0.1, -0.05) is 37.7 Å². The molecule has 8 heteroatoms. The lowest BCUT2D eigenvalue weighted by molar-refractivity contribution is -0.119. The Bertz CT molecular complexity index is 717. The van der Waals surface area contributed by atoms with E-state index in [-0.39, 0.29) is 23.5 Å². The maximum atomic E-state index is 13.0. The van der Waals surface area contributed by atoms with Crippen molar-refractivity contribution in [3.05, 3.63) is 41.5 Å². The van der Waals surface area contributed by atoms with E-state index in [0.29, 0.717) is 23.3 Å². The van der Waals surface area contributed by atoms with Gasteiger partial charge >= 0.3 is 0 Å². The molecule has 6 nitrogen and oxygen atoms in total. The monoisotopic (exact) mass is 379 g/mol. The van der Waals surface area contributed by atoms with Gasteiger partial charge in [0.05, 0.1) is 5.75 Å². The molecule has 1 heterocycles. The lowest BCUT2D eigenvalue weighted by Gasteiger charge is -2.14. The van der Waals surface area contributed by atoms with Crippen molar-refractivity contribution >= 4 is 17.7 Å². The summed E-state index contributed by atoms with van der Waals surface area (Å²) >= 11 is 1.25. The average molecular weight is 380 g/mol. The van der Waals surface area contributed by atoms with E-state index in [2.05, 4.69) is 29.4 Å². The van der Waals surface area contributed by atoms with Gasteiger partial charge in [0.25, 0.3) is 0 Å². The Kier molecular flexibility index (Phi) is 7.44. The fourth-order valence-corrected chi connectivity index (χ4v) is 3.10. The fraction of sp³-hybridized carbons (Fsp3) is 0.500. The summed E-state index contributed by atoms with van der Waals surface area (Å²) in [5.74, 6) is 7.10. The molecule has 0 fully saturated rings. The summed E-state index contributed by atoms with van der Waals surface area (Å²) in [6.45, 7) is 6.35. The van der Waals surface area contributed by atoms with Crippen LogP contribution in [0.25, 0.3) is 0 Å². The van der Waals surface area contributed by atoms with Crippen LogP contribution in [0.5, 0.6) is 0 Å². The predicted molar refractivity (Wildman–Crippen MR) is 102 cm³/mol. The van der Waals surface area contributed by atoms with E-state index >= 15 is 0 Å². The first kappa shape index (κ1) is 20.2. The van der Waals surface area contributed by atoms with Crippen molar-refractivity contribution in [3.63, 3.8) is 0 Å². The normalized spacial score (nSPS) is 12.3. The quantitative estimate of drug-likeness (QED) is 0.517. The van der Waals surface area contributed by atoms with Gasteiger partial charge in [-0.15, -0.1) is 10.2 Å². The molecule has 0 aliphatic rings. The Hall–Kier alpha value is -2.09. The molecule has 26 heavy (non-hydrogen) atoms. The lowest BCUT2D eigenvalue weighted by Crippen LogP contribution is -2.34. The van der Waals surface area contributed by atoms with Crippen LogP contribution in [0.2, 0.25) is 0 Å². The van der Waals surface area contributed by atoms with Gasteiger partial charge in [0.15, 0.2) is 5.82 Å². The molecule has 0 aliphatic carbocycles. The molecule has 2 aromatic rings. The molecule has 2 rings (SSSR count). The van der Waals surface area contributed by atoms with Crippen LogP contribution in [-0.4, -0.2) is 32.6 Å². The highest BCUT2D eigenvalue weighted by atomic mass is 32.2. The highest BCUT2D eigenvalue weighted by molar-refractivity contribution is 7.99. The highest BCUT2D eigenvalue weighted by Crippen LogP contribution is 2.16. The second-order valence-electron chi connectivity index (χ2n) is 6.80. The lowest BCUT2D eigenvalue weighted by atomic mass is 10.0. The number of nitrogens with zero attached hydrogens (tertiary/aromatic N) is 3. The minimum Gasteiger partial charge on any atom is -0.353 e. The van der Waals surface area contributed by atoms with E-state index in [0.717, 1.165) is 18.4 Å². The standard InChI is InChI=1S/C18H26FN5OS/c1-12(2)4-5-13(3)21-17(25)11-26-18-23-22-16(24(18)20)10-14-6-8-15(19)9-7-14/h6-9,12-13H,4-5,10-11,20H2,1-3H3,(H,21,25)/t13-/m0/s1. The van der Waals surface area contributed by atoms with Crippen molar-refractivity contribution < 1.29 is 9.18 Å².